The minimum Gasteiger partial charge on any atom is -0.361 e. The van der Waals surface area contributed by atoms with Crippen LogP contribution in [0.1, 0.15) is 30.1 Å². The van der Waals surface area contributed by atoms with Crippen LogP contribution in [0.4, 0.5) is 0 Å². The van der Waals surface area contributed by atoms with Crippen LogP contribution < -0.4 is 5.32 Å². The maximum atomic E-state index is 12.2. The van der Waals surface area contributed by atoms with Crippen molar-refractivity contribution in [1.29, 1.82) is 0 Å². The first kappa shape index (κ1) is 14.1. The number of nitrogens with zero attached hydrogens (tertiary/aromatic N) is 2. The van der Waals surface area contributed by atoms with E-state index in [1.54, 1.807) is 0 Å². The molecule has 0 radical (unpaired) electrons. The maximum Gasteiger partial charge on any atom is 0.224 e. The zero-order valence-corrected chi connectivity index (χ0v) is 13.0. The van der Waals surface area contributed by atoms with E-state index < -0.39 is 0 Å². The third-order valence-corrected chi connectivity index (χ3v) is 4.39. The van der Waals surface area contributed by atoms with Gasteiger partial charge in [0.1, 0.15) is 5.82 Å². The number of amides is 1. The molecule has 1 saturated carbocycles. The zero-order valence-electron chi connectivity index (χ0n) is 13.0. The van der Waals surface area contributed by atoms with E-state index in [0.29, 0.717) is 18.9 Å². The molecule has 0 saturated heterocycles. The van der Waals surface area contributed by atoms with E-state index in [1.165, 1.54) is 12.8 Å². The lowest BCUT2D eigenvalue weighted by Crippen LogP contribution is -2.28. The van der Waals surface area contributed by atoms with Gasteiger partial charge in [-0.2, -0.15) is 0 Å². The fraction of sp³-hybridized carbons (Fsp3) is 0.333. The molecule has 0 atom stereocenters. The molecule has 5 nitrogen and oxygen atoms in total. The highest BCUT2D eigenvalue weighted by Crippen LogP contribution is 2.38. The first-order valence-electron chi connectivity index (χ1n) is 8.14. The highest BCUT2D eigenvalue weighted by atomic mass is 16.1. The van der Waals surface area contributed by atoms with Crippen molar-refractivity contribution in [3.8, 4) is 0 Å². The lowest BCUT2D eigenvalue weighted by molar-refractivity contribution is -0.120. The second kappa shape index (κ2) is 5.91. The number of hydrogen-bond donors (Lipinski definition) is 2. The summed E-state index contributed by atoms with van der Waals surface area (Å²) in [7, 11) is 0. The SMILES string of the molecule is O=C(Cc1c[nH]c2ccccc12)NCCn1ccnc1C1CC1. The minimum absolute atomic E-state index is 0.0582. The van der Waals surface area contributed by atoms with Crippen LogP contribution in [0.2, 0.25) is 0 Å². The van der Waals surface area contributed by atoms with Crippen molar-refractivity contribution < 1.29 is 4.79 Å². The van der Waals surface area contributed by atoms with Crippen molar-refractivity contribution in [1.82, 2.24) is 19.9 Å². The number of aromatic amines is 1. The first-order chi connectivity index (χ1) is 11.3. The number of carbonyl (C=O) groups excluding carboxylic acids is 1. The Morgan fingerprint density at radius 1 is 1.35 bits per heavy atom. The molecule has 1 aliphatic carbocycles. The van der Waals surface area contributed by atoms with E-state index in [0.717, 1.165) is 28.8 Å². The summed E-state index contributed by atoms with van der Waals surface area (Å²) in [5.74, 6) is 1.85. The highest BCUT2D eigenvalue weighted by molar-refractivity contribution is 5.88. The summed E-state index contributed by atoms with van der Waals surface area (Å²) in [6.07, 6.45) is 8.66. The van der Waals surface area contributed by atoms with E-state index in [1.807, 2.05) is 42.9 Å². The molecule has 2 aromatic heterocycles. The molecule has 3 aromatic rings. The van der Waals surface area contributed by atoms with Crippen molar-refractivity contribution in [2.75, 3.05) is 6.54 Å². The molecule has 0 unspecified atom stereocenters. The molecule has 1 aliphatic rings. The van der Waals surface area contributed by atoms with Crippen molar-refractivity contribution in [2.24, 2.45) is 0 Å². The van der Waals surface area contributed by atoms with Gasteiger partial charge in [-0.3, -0.25) is 4.79 Å². The Morgan fingerprint density at radius 2 is 2.22 bits per heavy atom. The van der Waals surface area contributed by atoms with Gasteiger partial charge >= 0.3 is 0 Å². The van der Waals surface area contributed by atoms with Gasteiger partial charge < -0.3 is 14.9 Å². The number of aromatic nitrogens is 3. The van der Waals surface area contributed by atoms with E-state index in [9.17, 15) is 4.79 Å². The smallest absolute Gasteiger partial charge is 0.224 e. The number of rotatable bonds is 6. The van der Waals surface area contributed by atoms with Gasteiger partial charge in [-0.05, 0) is 24.5 Å². The van der Waals surface area contributed by atoms with Crippen LogP contribution >= 0.6 is 0 Å². The van der Waals surface area contributed by atoms with Gasteiger partial charge in [0.2, 0.25) is 5.91 Å². The molecule has 118 valence electrons. The molecule has 5 heteroatoms. The van der Waals surface area contributed by atoms with Gasteiger partial charge in [0.15, 0.2) is 0 Å². The summed E-state index contributed by atoms with van der Waals surface area (Å²) in [6.45, 7) is 1.42. The Hall–Kier alpha value is -2.56. The maximum absolute atomic E-state index is 12.2. The molecule has 2 N–H and O–H groups in total. The zero-order chi connectivity index (χ0) is 15.6. The van der Waals surface area contributed by atoms with Crippen molar-refractivity contribution in [3.63, 3.8) is 0 Å². The minimum atomic E-state index is 0.0582. The van der Waals surface area contributed by atoms with Gasteiger partial charge in [-0.15, -0.1) is 0 Å². The molecule has 0 aliphatic heterocycles. The van der Waals surface area contributed by atoms with E-state index in [2.05, 4.69) is 19.9 Å². The topological polar surface area (TPSA) is 62.7 Å². The van der Waals surface area contributed by atoms with Crippen LogP contribution in [0.15, 0.2) is 42.9 Å². The van der Waals surface area contributed by atoms with Gasteiger partial charge in [0.05, 0.1) is 6.42 Å². The second-order valence-electron chi connectivity index (χ2n) is 6.14. The number of benzene rings is 1. The third-order valence-electron chi connectivity index (χ3n) is 4.39. The molecule has 1 aromatic carbocycles. The number of imidazole rings is 1. The fourth-order valence-corrected chi connectivity index (χ4v) is 3.04. The van der Waals surface area contributed by atoms with Crippen molar-refractivity contribution in [2.45, 2.75) is 31.7 Å². The number of para-hydroxylation sites is 1. The summed E-state index contributed by atoms with van der Waals surface area (Å²) in [4.78, 5) is 19.8. The Kier molecular flexibility index (Phi) is 3.61. The molecule has 0 spiro atoms. The summed E-state index contributed by atoms with van der Waals surface area (Å²) >= 11 is 0. The van der Waals surface area contributed by atoms with E-state index in [-0.39, 0.29) is 5.91 Å². The summed E-state index contributed by atoms with van der Waals surface area (Å²) in [5.41, 5.74) is 2.11. The van der Waals surface area contributed by atoms with Crippen LogP contribution in [0.3, 0.4) is 0 Å². The summed E-state index contributed by atoms with van der Waals surface area (Å²) < 4.78 is 2.16. The monoisotopic (exact) mass is 308 g/mol. The third kappa shape index (κ3) is 2.99. The highest BCUT2D eigenvalue weighted by Gasteiger charge is 2.27. The van der Waals surface area contributed by atoms with Gasteiger partial charge in [-0.1, -0.05) is 18.2 Å². The van der Waals surface area contributed by atoms with Crippen LogP contribution in [-0.2, 0) is 17.8 Å². The molecule has 0 bridgehead atoms. The molecule has 1 amide bonds. The Balaban J connectivity index is 1.32. The summed E-state index contributed by atoms with van der Waals surface area (Å²) in [6, 6.07) is 8.05. The van der Waals surface area contributed by atoms with Crippen molar-refractivity contribution in [3.05, 3.63) is 54.2 Å². The van der Waals surface area contributed by atoms with Gasteiger partial charge in [0.25, 0.3) is 0 Å². The van der Waals surface area contributed by atoms with E-state index in [4.69, 9.17) is 0 Å². The molecule has 2 heterocycles. The standard InChI is InChI=1S/C18H20N4O/c23-17(11-14-12-21-16-4-2-1-3-15(14)16)19-7-9-22-10-8-20-18(22)13-5-6-13/h1-4,8,10,12-13,21H,5-7,9,11H2,(H,19,23). The number of nitrogens with one attached hydrogen (secondary N) is 2. The van der Waals surface area contributed by atoms with E-state index >= 15 is 0 Å². The largest absolute Gasteiger partial charge is 0.361 e. The molecule has 1 fully saturated rings. The lowest BCUT2D eigenvalue weighted by Gasteiger charge is -2.08. The number of H-pyrrole nitrogens is 1. The average Bonchev–Trinajstić information content (AvgIpc) is 3.17. The molecular weight excluding hydrogens is 288 g/mol. The van der Waals surface area contributed by atoms with Crippen LogP contribution in [0.25, 0.3) is 10.9 Å². The van der Waals surface area contributed by atoms with Crippen LogP contribution in [0, 0.1) is 0 Å². The van der Waals surface area contributed by atoms with Crippen LogP contribution in [-0.4, -0.2) is 27.0 Å². The Bertz CT molecular complexity index is 828. The molecule has 23 heavy (non-hydrogen) atoms. The van der Waals surface area contributed by atoms with Crippen LogP contribution in [0.5, 0.6) is 0 Å². The van der Waals surface area contributed by atoms with Crippen molar-refractivity contribution >= 4 is 16.8 Å². The van der Waals surface area contributed by atoms with Gasteiger partial charge in [-0.25, -0.2) is 4.98 Å². The molecule has 4 rings (SSSR count). The fourth-order valence-electron chi connectivity index (χ4n) is 3.04. The summed E-state index contributed by atoms with van der Waals surface area (Å²) in [5, 5.41) is 4.13. The van der Waals surface area contributed by atoms with Gasteiger partial charge in [0, 0.05) is 48.5 Å². The normalized spacial score (nSPS) is 14.3. The quantitative estimate of drug-likeness (QED) is 0.735. The lowest BCUT2D eigenvalue weighted by atomic mass is 10.1. The predicted octanol–water partition coefficient (Wildman–Crippen LogP) is 2.60. The average molecular weight is 308 g/mol. The predicted molar refractivity (Wildman–Crippen MR) is 89.2 cm³/mol. The number of hydrogen-bond acceptors (Lipinski definition) is 2. The Labute approximate surface area is 134 Å². The number of carbonyl (C=O) groups is 1. The number of fused-ring (bicyclic) bond motifs is 1. The molecular formula is C18H20N4O. The first-order valence-corrected chi connectivity index (χ1v) is 8.14. The second-order valence-corrected chi connectivity index (χ2v) is 6.14. The Morgan fingerprint density at radius 3 is 3.09 bits per heavy atom.